The molecule has 2 heterocycles. The van der Waals surface area contributed by atoms with Crippen LogP contribution in [0.3, 0.4) is 0 Å². The van der Waals surface area contributed by atoms with E-state index in [0.29, 0.717) is 35.2 Å². The van der Waals surface area contributed by atoms with Crippen molar-refractivity contribution in [1.82, 2.24) is 14.5 Å². The minimum atomic E-state index is -4.48. The maximum atomic E-state index is 13.4. The van der Waals surface area contributed by atoms with Gasteiger partial charge in [-0.1, -0.05) is 19.1 Å². The minimum absolute atomic E-state index is 0.0492. The molecule has 0 unspecified atom stereocenters. The fraction of sp³-hybridized carbons (Fsp3) is 0.480. The second kappa shape index (κ2) is 10.4. The lowest BCUT2D eigenvalue weighted by Crippen LogP contribution is -2.42. The molecule has 0 radical (unpaired) electrons. The molecule has 0 aliphatic heterocycles. The number of carbonyl (C=O) groups excluding carboxylic acids is 1. The van der Waals surface area contributed by atoms with Gasteiger partial charge < -0.3 is 5.32 Å². The summed E-state index contributed by atoms with van der Waals surface area (Å²) in [6, 6.07) is 6.54. The smallest absolute Gasteiger partial charge is 0.356 e. The van der Waals surface area contributed by atoms with Crippen LogP contribution in [0.5, 0.6) is 0 Å². The van der Waals surface area contributed by atoms with Gasteiger partial charge in [-0.3, -0.25) is 18.7 Å². The highest BCUT2D eigenvalue weighted by molar-refractivity contribution is 7.17. The monoisotopic (exact) mass is 507 g/mol. The molecule has 1 aromatic carbocycles. The van der Waals surface area contributed by atoms with Crippen molar-refractivity contribution in [2.45, 2.75) is 58.3 Å². The number of halogens is 3. The topological polar surface area (TPSA) is 73.1 Å². The van der Waals surface area contributed by atoms with Crippen LogP contribution in [0.15, 0.2) is 45.3 Å². The zero-order chi connectivity index (χ0) is 25.2. The Kier molecular flexibility index (Phi) is 7.49. The molecule has 0 saturated heterocycles. The Labute approximate surface area is 204 Å². The molecule has 1 saturated carbocycles. The third-order valence-electron chi connectivity index (χ3n) is 6.64. The predicted molar refractivity (Wildman–Crippen MR) is 130 cm³/mol. The number of benzene rings is 1. The molecule has 1 amide bonds. The van der Waals surface area contributed by atoms with E-state index in [0.717, 1.165) is 31.4 Å². The fourth-order valence-corrected chi connectivity index (χ4v) is 5.58. The summed E-state index contributed by atoms with van der Waals surface area (Å²) in [5.74, 6) is 0.0906. The van der Waals surface area contributed by atoms with Crippen molar-refractivity contribution in [2.24, 2.45) is 11.8 Å². The van der Waals surface area contributed by atoms with Crippen LogP contribution in [0.4, 0.5) is 13.2 Å². The van der Waals surface area contributed by atoms with Gasteiger partial charge in [0.05, 0.1) is 17.6 Å². The van der Waals surface area contributed by atoms with Gasteiger partial charge in [0.15, 0.2) is 0 Å². The molecule has 188 valence electrons. The van der Waals surface area contributed by atoms with Gasteiger partial charge in [0.2, 0.25) is 5.91 Å². The summed E-state index contributed by atoms with van der Waals surface area (Å²) in [6.45, 7) is 2.82. The van der Waals surface area contributed by atoms with Crippen LogP contribution in [-0.2, 0) is 24.1 Å². The van der Waals surface area contributed by atoms with Crippen LogP contribution in [-0.4, -0.2) is 21.6 Å². The first-order valence-corrected chi connectivity index (χ1v) is 12.7. The van der Waals surface area contributed by atoms with Crippen molar-refractivity contribution >= 4 is 27.5 Å². The molecule has 1 N–H and O–H groups in total. The normalized spacial score (nSPS) is 18.6. The van der Waals surface area contributed by atoms with Crippen LogP contribution < -0.4 is 16.6 Å². The van der Waals surface area contributed by atoms with Gasteiger partial charge in [-0.25, -0.2) is 4.79 Å². The molecule has 10 heteroatoms. The lowest BCUT2D eigenvalue weighted by Gasteiger charge is -2.28. The molecule has 3 aromatic rings. The number of alkyl halides is 3. The molecule has 2 aromatic heterocycles. The van der Waals surface area contributed by atoms with Crippen molar-refractivity contribution in [3.05, 3.63) is 67.7 Å². The Hall–Kier alpha value is -2.88. The van der Waals surface area contributed by atoms with Gasteiger partial charge in [-0.05, 0) is 67.2 Å². The number of thiophene rings is 1. The maximum Gasteiger partial charge on any atom is 0.416 e. The highest BCUT2D eigenvalue weighted by Crippen LogP contribution is 2.31. The minimum Gasteiger partial charge on any atom is -0.356 e. The highest BCUT2D eigenvalue weighted by atomic mass is 32.1. The van der Waals surface area contributed by atoms with Crippen LogP contribution in [0.2, 0.25) is 0 Å². The van der Waals surface area contributed by atoms with Crippen molar-refractivity contribution in [3.63, 3.8) is 0 Å². The first kappa shape index (κ1) is 25.2. The van der Waals surface area contributed by atoms with Crippen molar-refractivity contribution < 1.29 is 18.0 Å². The molecular weight excluding hydrogens is 479 g/mol. The summed E-state index contributed by atoms with van der Waals surface area (Å²) in [7, 11) is 0. The molecule has 0 bridgehead atoms. The Morgan fingerprint density at radius 3 is 2.54 bits per heavy atom. The lowest BCUT2D eigenvalue weighted by atomic mass is 9.81. The first-order chi connectivity index (χ1) is 16.7. The van der Waals surface area contributed by atoms with Crippen LogP contribution >= 0.6 is 11.3 Å². The Balaban J connectivity index is 1.59. The highest BCUT2D eigenvalue weighted by Gasteiger charge is 2.31. The zero-order valence-electron chi connectivity index (χ0n) is 19.4. The van der Waals surface area contributed by atoms with E-state index >= 15 is 0 Å². The van der Waals surface area contributed by atoms with Gasteiger partial charge in [0, 0.05) is 19.0 Å². The quantitative estimate of drug-likeness (QED) is 0.507. The zero-order valence-corrected chi connectivity index (χ0v) is 20.3. The van der Waals surface area contributed by atoms with Gasteiger partial charge >= 0.3 is 11.9 Å². The summed E-state index contributed by atoms with van der Waals surface area (Å²) >= 11 is 1.22. The second-order valence-electron chi connectivity index (χ2n) is 9.13. The number of nitrogens with zero attached hydrogens (tertiary/aromatic N) is 2. The fourth-order valence-electron chi connectivity index (χ4n) is 4.73. The molecule has 1 aliphatic rings. The van der Waals surface area contributed by atoms with Gasteiger partial charge in [-0.15, -0.1) is 11.3 Å². The SMILES string of the molecule is CCCNC(=O)C1CCC(Cn2c(=O)c3sccc3n(Cc3cccc(C(F)(F)F)c3)c2=O)CC1. The number of hydrogen-bond donors (Lipinski definition) is 1. The van der Waals surface area contributed by atoms with E-state index in [2.05, 4.69) is 5.32 Å². The van der Waals surface area contributed by atoms with Crippen LogP contribution in [0.25, 0.3) is 10.2 Å². The number of carbonyl (C=O) groups is 1. The maximum absolute atomic E-state index is 13.4. The van der Waals surface area contributed by atoms with Crippen molar-refractivity contribution in [2.75, 3.05) is 6.54 Å². The number of fused-ring (bicyclic) bond motifs is 1. The number of rotatable bonds is 7. The van der Waals surface area contributed by atoms with Gasteiger partial charge in [0.25, 0.3) is 5.56 Å². The van der Waals surface area contributed by atoms with E-state index in [4.69, 9.17) is 0 Å². The summed E-state index contributed by atoms with van der Waals surface area (Å²) in [4.78, 5) is 38.8. The average Bonchev–Trinajstić information content (AvgIpc) is 3.33. The Morgan fingerprint density at radius 1 is 1.11 bits per heavy atom. The van der Waals surface area contributed by atoms with E-state index < -0.39 is 17.4 Å². The first-order valence-electron chi connectivity index (χ1n) is 11.8. The Bertz CT molecular complexity index is 1320. The van der Waals surface area contributed by atoms with Crippen LogP contribution in [0.1, 0.15) is 50.2 Å². The van der Waals surface area contributed by atoms with E-state index in [1.807, 2.05) is 6.92 Å². The summed E-state index contributed by atoms with van der Waals surface area (Å²) in [5, 5.41) is 4.64. The summed E-state index contributed by atoms with van der Waals surface area (Å²) in [6.07, 6.45) is -0.743. The third kappa shape index (κ3) is 5.52. The second-order valence-corrected chi connectivity index (χ2v) is 10.0. The molecular formula is C25H28F3N3O3S. The van der Waals surface area contributed by atoms with E-state index in [9.17, 15) is 27.6 Å². The number of nitrogens with one attached hydrogen (secondary N) is 1. The number of aromatic nitrogens is 2. The van der Waals surface area contributed by atoms with Crippen LogP contribution in [0, 0.1) is 11.8 Å². The molecule has 35 heavy (non-hydrogen) atoms. The molecule has 0 spiro atoms. The van der Waals surface area contributed by atoms with E-state index in [1.165, 1.54) is 26.5 Å². The summed E-state index contributed by atoms with van der Waals surface area (Å²) < 4.78 is 42.5. The van der Waals surface area contributed by atoms with Gasteiger partial charge in [-0.2, -0.15) is 13.2 Å². The number of amides is 1. The summed E-state index contributed by atoms with van der Waals surface area (Å²) in [5.41, 5.74) is -0.921. The third-order valence-corrected chi connectivity index (χ3v) is 7.53. The Morgan fingerprint density at radius 2 is 1.86 bits per heavy atom. The largest absolute Gasteiger partial charge is 0.416 e. The molecule has 0 atom stereocenters. The average molecular weight is 508 g/mol. The van der Waals surface area contributed by atoms with Crippen molar-refractivity contribution in [3.8, 4) is 0 Å². The van der Waals surface area contributed by atoms with Gasteiger partial charge in [0.1, 0.15) is 4.70 Å². The van der Waals surface area contributed by atoms with E-state index in [-0.39, 0.29) is 36.4 Å². The van der Waals surface area contributed by atoms with E-state index in [1.54, 1.807) is 17.5 Å². The number of hydrogen-bond acceptors (Lipinski definition) is 4. The standard InChI is InChI=1S/C25H28F3N3O3S/c1-2-11-29-22(32)18-8-6-16(7-9-18)14-31-23(33)21-20(10-12-35-21)30(24(31)34)15-17-4-3-5-19(13-17)25(26,27)28/h3-5,10,12-13,16,18H,2,6-9,11,14-15H2,1H3,(H,29,32). The molecule has 4 rings (SSSR count). The predicted octanol–water partition coefficient (Wildman–Crippen LogP) is 4.62. The molecule has 1 fully saturated rings. The molecule has 6 nitrogen and oxygen atoms in total. The lowest BCUT2D eigenvalue weighted by molar-refractivity contribution is -0.137. The van der Waals surface area contributed by atoms with Crippen molar-refractivity contribution in [1.29, 1.82) is 0 Å². The molecule has 1 aliphatic carbocycles.